The second-order valence-electron chi connectivity index (χ2n) is 7.69. The van der Waals surface area contributed by atoms with Crippen LogP contribution in [0.5, 0.6) is 0 Å². The maximum Gasteiger partial charge on any atom is 0.256 e. The van der Waals surface area contributed by atoms with E-state index in [0.717, 1.165) is 35.5 Å². The molecule has 0 aliphatic carbocycles. The molecule has 0 radical (unpaired) electrons. The first-order valence-electron chi connectivity index (χ1n) is 10.5. The van der Waals surface area contributed by atoms with Gasteiger partial charge < -0.3 is 15.5 Å². The summed E-state index contributed by atoms with van der Waals surface area (Å²) in [5, 5.41) is 6.14. The average molecular weight is 415 g/mol. The summed E-state index contributed by atoms with van der Waals surface area (Å²) >= 11 is 0. The molecule has 31 heavy (non-hydrogen) atoms. The molecule has 158 valence electrons. The summed E-state index contributed by atoms with van der Waals surface area (Å²) < 4.78 is 0. The van der Waals surface area contributed by atoms with Crippen molar-refractivity contribution in [1.82, 2.24) is 15.2 Å². The van der Waals surface area contributed by atoms with Gasteiger partial charge in [0.25, 0.3) is 5.91 Å². The van der Waals surface area contributed by atoms with E-state index in [1.54, 1.807) is 6.20 Å². The third-order valence-electron chi connectivity index (χ3n) is 5.45. The molecule has 1 saturated heterocycles. The van der Waals surface area contributed by atoms with Crippen molar-refractivity contribution in [3.05, 3.63) is 89.7 Å². The number of carbonyl (C=O) groups is 2. The topological polar surface area (TPSA) is 74.3 Å². The van der Waals surface area contributed by atoms with E-state index in [9.17, 15) is 9.59 Å². The minimum atomic E-state index is -0.0700. The highest BCUT2D eigenvalue weighted by molar-refractivity contribution is 6.00. The number of aromatic nitrogens is 1. The number of nitrogens with zero attached hydrogens (tertiary/aromatic N) is 2. The molecule has 0 unspecified atom stereocenters. The van der Waals surface area contributed by atoms with Gasteiger partial charge in [-0.25, -0.2) is 0 Å². The molecule has 3 aromatic rings. The van der Waals surface area contributed by atoms with Crippen molar-refractivity contribution >= 4 is 23.2 Å². The fourth-order valence-electron chi connectivity index (χ4n) is 3.89. The van der Waals surface area contributed by atoms with E-state index in [1.165, 1.54) is 6.92 Å². The van der Waals surface area contributed by atoms with E-state index in [-0.39, 0.29) is 17.9 Å². The number of anilines is 2. The molecular weight excluding hydrogens is 388 g/mol. The number of amides is 2. The van der Waals surface area contributed by atoms with Gasteiger partial charge in [0.15, 0.2) is 0 Å². The second kappa shape index (κ2) is 9.43. The number of rotatable bonds is 6. The van der Waals surface area contributed by atoms with Gasteiger partial charge in [-0.15, -0.1) is 0 Å². The lowest BCUT2D eigenvalue weighted by Crippen LogP contribution is -2.31. The Labute approximate surface area is 182 Å². The summed E-state index contributed by atoms with van der Waals surface area (Å²) in [6.07, 6.45) is 3.61. The summed E-state index contributed by atoms with van der Waals surface area (Å²) in [4.78, 5) is 31.1. The summed E-state index contributed by atoms with van der Waals surface area (Å²) in [7, 11) is 0. The lowest BCUT2D eigenvalue weighted by molar-refractivity contribution is -0.119. The van der Waals surface area contributed by atoms with E-state index in [2.05, 4.69) is 15.6 Å². The van der Waals surface area contributed by atoms with E-state index in [1.807, 2.05) is 71.6 Å². The Morgan fingerprint density at radius 1 is 1.03 bits per heavy atom. The molecule has 2 N–H and O–H groups in total. The molecule has 1 aromatic heterocycles. The Kier molecular flexibility index (Phi) is 6.26. The third kappa shape index (κ3) is 4.91. The van der Waals surface area contributed by atoms with Gasteiger partial charge in [-0.3, -0.25) is 14.6 Å². The van der Waals surface area contributed by atoms with Crippen LogP contribution < -0.4 is 10.6 Å². The standard InChI is InChI=1S/C25H26N4O2/c1-18(30)26-16-19-13-14-23(27-17-19)24-12-7-15-29(24)25(31)21-10-5-6-11-22(21)28-20-8-3-2-4-9-20/h2-6,8-11,13-14,17,24,28H,7,12,15-16H2,1H3,(H,26,30)/t24-/m0/s1. The largest absolute Gasteiger partial charge is 0.355 e. The van der Waals surface area contributed by atoms with Crippen LogP contribution in [0, 0.1) is 0 Å². The van der Waals surface area contributed by atoms with Crippen molar-refractivity contribution in [2.45, 2.75) is 32.4 Å². The Balaban J connectivity index is 1.53. The van der Waals surface area contributed by atoms with E-state index < -0.39 is 0 Å². The van der Waals surface area contributed by atoms with Crippen LogP contribution >= 0.6 is 0 Å². The second-order valence-corrected chi connectivity index (χ2v) is 7.69. The summed E-state index contributed by atoms with van der Waals surface area (Å²) in [5.74, 6) is -0.0647. The van der Waals surface area contributed by atoms with Gasteiger partial charge in [0.05, 0.1) is 23.0 Å². The molecule has 0 spiro atoms. The van der Waals surface area contributed by atoms with Crippen molar-refractivity contribution in [3.8, 4) is 0 Å². The predicted molar refractivity (Wildman–Crippen MR) is 121 cm³/mol. The first-order valence-corrected chi connectivity index (χ1v) is 10.5. The molecule has 6 nitrogen and oxygen atoms in total. The molecule has 0 bridgehead atoms. The normalized spacial score (nSPS) is 15.5. The fourth-order valence-corrected chi connectivity index (χ4v) is 3.89. The number of hydrogen-bond acceptors (Lipinski definition) is 4. The maximum absolute atomic E-state index is 13.5. The highest BCUT2D eigenvalue weighted by Crippen LogP contribution is 2.33. The van der Waals surface area contributed by atoms with Crippen molar-refractivity contribution in [3.63, 3.8) is 0 Å². The highest BCUT2D eigenvalue weighted by Gasteiger charge is 2.32. The Morgan fingerprint density at radius 3 is 2.55 bits per heavy atom. The quantitative estimate of drug-likeness (QED) is 0.625. The zero-order valence-electron chi connectivity index (χ0n) is 17.5. The third-order valence-corrected chi connectivity index (χ3v) is 5.45. The SMILES string of the molecule is CC(=O)NCc1ccc([C@@H]2CCCN2C(=O)c2ccccc2Nc2ccccc2)nc1. The number of para-hydroxylation sites is 2. The van der Waals surface area contributed by atoms with Gasteiger partial charge in [-0.2, -0.15) is 0 Å². The minimum absolute atomic E-state index is 0.00524. The zero-order chi connectivity index (χ0) is 21.6. The fraction of sp³-hybridized carbons (Fsp3) is 0.240. The lowest BCUT2D eigenvalue weighted by atomic mass is 10.1. The monoisotopic (exact) mass is 414 g/mol. The molecule has 0 saturated carbocycles. The summed E-state index contributed by atoms with van der Waals surface area (Å²) in [6, 6.07) is 21.3. The summed E-state index contributed by atoms with van der Waals surface area (Å²) in [5.41, 5.74) is 4.21. The van der Waals surface area contributed by atoms with Gasteiger partial charge in [0.1, 0.15) is 0 Å². The smallest absolute Gasteiger partial charge is 0.256 e. The van der Waals surface area contributed by atoms with E-state index in [0.29, 0.717) is 18.7 Å². The van der Waals surface area contributed by atoms with Crippen LogP contribution in [0.15, 0.2) is 72.9 Å². The van der Waals surface area contributed by atoms with Gasteiger partial charge >= 0.3 is 0 Å². The molecular formula is C25H26N4O2. The zero-order valence-corrected chi connectivity index (χ0v) is 17.5. The number of nitrogens with one attached hydrogen (secondary N) is 2. The Hall–Kier alpha value is -3.67. The van der Waals surface area contributed by atoms with Crippen LogP contribution in [0.1, 0.15) is 47.4 Å². The van der Waals surface area contributed by atoms with Crippen LogP contribution in [0.4, 0.5) is 11.4 Å². The number of likely N-dealkylation sites (tertiary alicyclic amines) is 1. The van der Waals surface area contributed by atoms with Gasteiger partial charge in [-0.05, 0) is 48.7 Å². The summed E-state index contributed by atoms with van der Waals surface area (Å²) in [6.45, 7) is 2.65. The van der Waals surface area contributed by atoms with Gasteiger partial charge in [0.2, 0.25) is 5.91 Å². The molecule has 1 fully saturated rings. The molecule has 4 rings (SSSR count). The van der Waals surface area contributed by atoms with Crippen molar-refractivity contribution in [2.75, 3.05) is 11.9 Å². The van der Waals surface area contributed by atoms with Crippen LogP contribution in [-0.2, 0) is 11.3 Å². The first kappa shape index (κ1) is 20.6. The average Bonchev–Trinajstić information content (AvgIpc) is 3.29. The minimum Gasteiger partial charge on any atom is -0.355 e. The maximum atomic E-state index is 13.5. The number of carbonyl (C=O) groups excluding carboxylic acids is 2. The molecule has 1 atom stereocenters. The molecule has 1 aliphatic rings. The van der Waals surface area contributed by atoms with Gasteiger partial charge in [0, 0.05) is 31.9 Å². The van der Waals surface area contributed by atoms with Crippen LogP contribution in [0.2, 0.25) is 0 Å². The highest BCUT2D eigenvalue weighted by atomic mass is 16.2. The Bertz CT molecular complexity index is 1050. The molecule has 6 heteroatoms. The molecule has 1 aliphatic heterocycles. The molecule has 2 aromatic carbocycles. The number of hydrogen-bond donors (Lipinski definition) is 2. The van der Waals surface area contributed by atoms with Gasteiger partial charge in [-0.1, -0.05) is 36.4 Å². The number of pyridine rings is 1. The van der Waals surface area contributed by atoms with Crippen LogP contribution in [0.3, 0.4) is 0 Å². The lowest BCUT2D eigenvalue weighted by Gasteiger charge is -2.25. The van der Waals surface area contributed by atoms with Crippen molar-refractivity contribution < 1.29 is 9.59 Å². The predicted octanol–water partition coefficient (Wildman–Crippen LogP) is 4.44. The van der Waals surface area contributed by atoms with Crippen molar-refractivity contribution in [1.29, 1.82) is 0 Å². The molecule has 2 amide bonds. The van der Waals surface area contributed by atoms with Crippen molar-refractivity contribution in [2.24, 2.45) is 0 Å². The molecule has 2 heterocycles. The first-order chi connectivity index (χ1) is 15.1. The number of benzene rings is 2. The van der Waals surface area contributed by atoms with Crippen LogP contribution in [-0.4, -0.2) is 28.2 Å². The van der Waals surface area contributed by atoms with E-state index in [4.69, 9.17) is 0 Å². The van der Waals surface area contributed by atoms with Crippen LogP contribution in [0.25, 0.3) is 0 Å². The Morgan fingerprint density at radius 2 is 1.81 bits per heavy atom. The van der Waals surface area contributed by atoms with E-state index >= 15 is 0 Å².